The zero-order valence-corrected chi connectivity index (χ0v) is 15.2. The zero-order chi connectivity index (χ0) is 18.0. The number of ether oxygens (including phenoxy) is 2. The van der Waals surface area contributed by atoms with Gasteiger partial charge in [0.05, 0.1) is 14.2 Å². The molecule has 1 unspecified atom stereocenters. The second-order valence-corrected chi connectivity index (χ2v) is 6.35. The van der Waals surface area contributed by atoms with E-state index in [1.54, 1.807) is 32.4 Å². The number of hydrogen-bond acceptors (Lipinski definition) is 4. The summed E-state index contributed by atoms with van der Waals surface area (Å²) >= 11 is 0. The van der Waals surface area contributed by atoms with Crippen molar-refractivity contribution in [2.45, 2.75) is 12.5 Å². The van der Waals surface area contributed by atoms with Crippen LogP contribution in [0.25, 0.3) is 0 Å². The van der Waals surface area contributed by atoms with Crippen molar-refractivity contribution in [3.63, 3.8) is 0 Å². The second kappa shape index (κ2) is 7.15. The van der Waals surface area contributed by atoms with Crippen LogP contribution < -0.4 is 14.4 Å². The summed E-state index contributed by atoms with van der Waals surface area (Å²) in [5.74, 6) is 1.15. The maximum atomic E-state index is 13.1. The number of benzene rings is 2. The molecule has 0 saturated heterocycles. The highest BCUT2D eigenvalue weighted by Crippen LogP contribution is 2.37. The molecule has 1 heterocycles. The highest BCUT2D eigenvalue weighted by molar-refractivity contribution is 6.07. The van der Waals surface area contributed by atoms with Crippen molar-refractivity contribution < 1.29 is 14.3 Å². The van der Waals surface area contributed by atoms with Crippen LogP contribution in [-0.2, 0) is 0 Å². The number of para-hydroxylation sites is 1. The summed E-state index contributed by atoms with van der Waals surface area (Å²) in [6.45, 7) is 0.688. The Morgan fingerprint density at radius 2 is 1.80 bits per heavy atom. The first-order valence-electron chi connectivity index (χ1n) is 8.36. The molecule has 2 aromatic carbocycles. The normalized spacial score (nSPS) is 16.5. The van der Waals surface area contributed by atoms with Gasteiger partial charge in [-0.05, 0) is 50.3 Å². The molecule has 0 bridgehead atoms. The smallest absolute Gasteiger partial charge is 0.258 e. The van der Waals surface area contributed by atoms with Crippen molar-refractivity contribution in [2.75, 3.05) is 39.8 Å². The number of anilines is 1. The molecule has 3 rings (SSSR count). The summed E-state index contributed by atoms with van der Waals surface area (Å²) in [7, 11) is 7.31. The monoisotopic (exact) mass is 340 g/mol. The molecule has 0 fully saturated rings. The van der Waals surface area contributed by atoms with Gasteiger partial charge in [-0.2, -0.15) is 0 Å². The lowest BCUT2D eigenvalue weighted by atomic mass is 9.95. The molecule has 5 heteroatoms. The zero-order valence-electron chi connectivity index (χ0n) is 15.2. The minimum absolute atomic E-state index is 0.0226. The molecule has 0 aromatic heterocycles. The van der Waals surface area contributed by atoms with Crippen LogP contribution >= 0.6 is 0 Å². The lowest BCUT2D eigenvalue weighted by Gasteiger charge is -2.37. The van der Waals surface area contributed by atoms with Crippen LogP contribution in [0.15, 0.2) is 42.5 Å². The fourth-order valence-corrected chi connectivity index (χ4v) is 3.41. The van der Waals surface area contributed by atoms with Gasteiger partial charge in [0.1, 0.15) is 0 Å². The van der Waals surface area contributed by atoms with E-state index < -0.39 is 0 Å². The third kappa shape index (κ3) is 3.20. The van der Waals surface area contributed by atoms with E-state index in [0.29, 0.717) is 29.6 Å². The van der Waals surface area contributed by atoms with Crippen LogP contribution in [0.5, 0.6) is 11.5 Å². The molecular formula is C20H24N2O3. The third-order valence-electron chi connectivity index (χ3n) is 4.71. The van der Waals surface area contributed by atoms with Gasteiger partial charge in [0.25, 0.3) is 5.91 Å². The Balaban J connectivity index is 1.97. The SMILES string of the molecule is COc1ccc(C(=O)N2CCC(N(C)C)c3ccccc32)cc1OC. The van der Waals surface area contributed by atoms with Crippen LogP contribution in [0, 0.1) is 0 Å². The molecule has 1 amide bonds. The Kier molecular flexibility index (Phi) is 4.95. The molecule has 1 atom stereocenters. The summed E-state index contributed by atoms with van der Waals surface area (Å²) in [5.41, 5.74) is 2.76. The molecule has 132 valence electrons. The lowest BCUT2D eigenvalue weighted by molar-refractivity contribution is 0.0980. The summed E-state index contributed by atoms with van der Waals surface area (Å²) in [6.07, 6.45) is 0.906. The van der Waals surface area contributed by atoms with Gasteiger partial charge in [0, 0.05) is 23.8 Å². The Morgan fingerprint density at radius 3 is 2.48 bits per heavy atom. The largest absolute Gasteiger partial charge is 0.493 e. The Hall–Kier alpha value is -2.53. The van der Waals surface area contributed by atoms with Crippen molar-refractivity contribution in [3.8, 4) is 11.5 Å². The van der Waals surface area contributed by atoms with Gasteiger partial charge < -0.3 is 19.3 Å². The Bertz CT molecular complexity index is 773. The van der Waals surface area contributed by atoms with Crippen LogP contribution in [0.4, 0.5) is 5.69 Å². The second-order valence-electron chi connectivity index (χ2n) is 6.35. The first-order valence-corrected chi connectivity index (χ1v) is 8.36. The molecule has 1 aliphatic heterocycles. The maximum Gasteiger partial charge on any atom is 0.258 e. The summed E-state index contributed by atoms with van der Waals surface area (Å²) in [4.78, 5) is 17.2. The topological polar surface area (TPSA) is 42.0 Å². The average molecular weight is 340 g/mol. The van der Waals surface area contributed by atoms with Crippen molar-refractivity contribution in [2.24, 2.45) is 0 Å². The van der Waals surface area contributed by atoms with Crippen molar-refractivity contribution in [1.82, 2.24) is 4.90 Å². The van der Waals surface area contributed by atoms with Crippen LogP contribution in [0.1, 0.15) is 28.4 Å². The van der Waals surface area contributed by atoms with Crippen molar-refractivity contribution in [3.05, 3.63) is 53.6 Å². The van der Waals surface area contributed by atoms with Crippen molar-refractivity contribution >= 4 is 11.6 Å². The van der Waals surface area contributed by atoms with E-state index in [4.69, 9.17) is 9.47 Å². The number of hydrogen-bond donors (Lipinski definition) is 0. The van der Waals surface area contributed by atoms with Gasteiger partial charge in [-0.15, -0.1) is 0 Å². The Morgan fingerprint density at radius 1 is 1.08 bits per heavy atom. The fourth-order valence-electron chi connectivity index (χ4n) is 3.41. The van der Waals surface area contributed by atoms with E-state index in [1.807, 2.05) is 23.1 Å². The quantitative estimate of drug-likeness (QED) is 0.856. The number of methoxy groups -OCH3 is 2. The van der Waals surface area contributed by atoms with E-state index in [0.717, 1.165) is 12.1 Å². The fraction of sp³-hybridized carbons (Fsp3) is 0.350. The highest BCUT2D eigenvalue weighted by Gasteiger charge is 2.30. The molecule has 1 aliphatic rings. The molecule has 0 spiro atoms. The van der Waals surface area contributed by atoms with Gasteiger partial charge in [-0.1, -0.05) is 18.2 Å². The van der Waals surface area contributed by atoms with Gasteiger partial charge >= 0.3 is 0 Å². The molecular weight excluding hydrogens is 316 g/mol. The molecule has 5 nitrogen and oxygen atoms in total. The van der Waals surface area contributed by atoms with E-state index in [-0.39, 0.29) is 5.91 Å². The predicted octanol–water partition coefficient (Wildman–Crippen LogP) is 3.36. The summed E-state index contributed by atoms with van der Waals surface area (Å²) < 4.78 is 10.6. The first kappa shape index (κ1) is 17.3. The third-order valence-corrected chi connectivity index (χ3v) is 4.71. The first-order chi connectivity index (χ1) is 12.1. The molecule has 0 radical (unpaired) electrons. The minimum Gasteiger partial charge on any atom is -0.493 e. The average Bonchev–Trinajstić information content (AvgIpc) is 2.65. The molecule has 2 aromatic rings. The molecule has 25 heavy (non-hydrogen) atoms. The number of nitrogens with zero attached hydrogens (tertiary/aromatic N) is 2. The number of fused-ring (bicyclic) bond motifs is 1. The van der Waals surface area contributed by atoms with E-state index in [2.05, 4.69) is 25.1 Å². The minimum atomic E-state index is -0.0226. The van der Waals surface area contributed by atoms with E-state index in [9.17, 15) is 4.79 Å². The van der Waals surface area contributed by atoms with Crippen molar-refractivity contribution in [1.29, 1.82) is 0 Å². The lowest BCUT2D eigenvalue weighted by Crippen LogP contribution is -2.39. The summed E-state index contributed by atoms with van der Waals surface area (Å²) in [5, 5.41) is 0. The maximum absolute atomic E-state index is 13.1. The summed E-state index contributed by atoms with van der Waals surface area (Å²) in [6, 6.07) is 13.7. The predicted molar refractivity (Wildman–Crippen MR) is 98.7 cm³/mol. The van der Waals surface area contributed by atoms with Crippen LogP contribution in [0.3, 0.4) is 0 Å². The highest BCUT2D eigenvalue weighted by atomic mass is 16.5. The van der Waals surface area contributed by atoms with Gasteiger partial charge in [-0.25, -0.2) is 0 Å². The van der Waals surface area contributed by atoms with Gasteiger partial charge in [-0.3, -0.25) is 4.79 Å². The Labute approximate surface area is 148 Å². The van der Waals surface area contributed by atoms with Crippen LogP contribution in [-0.4, -0.2) is 45.7 Å². The van der Waals surface area contributed by atoms with Gasteiger partial charge in [0.15, 0.2) is 11.5 Å². The number of carbonyl (C=O) groups excluding carboxylic acids is 1. The van der Waals surface area contributed by atoms with E-state index >= 15 is 0 Å². The standard InChI is InChI=1S/C20H24N2O3/c1-21(2)16-11-12-22(17-8-6-5-7-15(16)17)20(23)14-9-10-18(24-3)19(13-14)25-4/h5-10,13,16H,11-12H2,1-4H3. The number of amides is 1. The molecule has 0 saturated carbocycles. The number of rotatable bonds is 4. The molecule has 0 N–H and O–H groups in total. The van der Waals surface area contributed by atoms with E-state index in [1.165, 1.54) is 5.56 Å². The van der Waals surface area contributed by atoms with Gasteiger partial charge in [0.2, 0.25) is 0 Å². The van der Waals surface area contributed by atoms with Crippen LogP contribution in [0.2, 0.25) is 0 Å². The number of carbonyl (C=O) groups is 1. The molecule has 0 aliphatic carbocycles.